The molecule has 4 nitrogen and oxygen atoms in total. The van der Waals surface area contributed by atoms with Crippen LogP contribution in [0, 0.1) is 0 Å². The summed E-state index contributed by atoms with van der Waals surface area (Å²) in [5.74, 6) is 0. The van der Waals surface area contributed by atoms with Crippen LogP contribution in [0.2, 0.25) is 0 Å². The molecule has 0 atom stereocenters. The summed E-state index contributed by atoms with van der Waals surface area (Å²) in [6.45, 7) is 6.92. The van der Waals surface area contributed by atoms with Crippen LogP contribution < -0.4 is 19.6 Å². The topological polar surface area (TPSA) is 13.0 Å². The molecule has 2 aliphatic heterocycles. The third kappa shape index (κ3) is 5.31. The molecule has 12 rings (SSSR count). The van der Waals surface area contributed by atoms with Gasteiger partial charge in [0.1, 0.15) is 0 Å². The third-order valence-corrected chi connectivity index (χ3v) is 12.4. The molecule has 4 heteroatoms. The monoisotopic (exact) mass is 770 g/mol. The van der Waals surface area contributed by atoms with Gasteiger partial charge >= 0.3 is 0 Å². The lowest BCUT2D eigenvalue weighted by Crippen LogP contribution is -2.19. The van der Waals surface area contributed by atoms with Crippen LogP contribution in [0.5, 0.6) is 0 Å². The van der Waals surface area contributed by atoms with Crippen LogP contribution in [0.4, 0.5) is 68.2 Å². The Hall–Kier alpha value is -7.56. The number of para-hydroxylation sites is 2. The molecule has 0 saturated heterocycles. The number of nitrogens with zero attached hydrogens (tertiary/aromatic N) is 4. The lowest BCUT2D eigenvalue weighted by atomic mass is 9.83. The molecule has 0 spiro atoms. The van der Waals surface area contributed by atoms with E-state index in [-0.39, 0.29) is 5.41 Å². The SMILES string of the molecule is CC(C)(C)c1cc2ccc3c4cc(c5ccc(c1)c2c35)N1c2cccc(c2)N(c2ccccc2)c2cccc(c2)N4c2cccc(c2)N(c2ccccc2)c2cccc1c2. The van der Waals surface area contributed by atoms with E-state index in [9.17, 15) is 0 Å². The molecule has 0 aliphatic carbocycles. The van der Waals surface area contributed by atoms with Crippen LogP contribution >= 0.6 is 0 Å². The smallest absolute Gasteiger partial charge is 0.0561 e. The fourth-order valence-corrected chi connectivity index (χ4v) is 9.67. The van der Waals surface area contributed by atoms with Gasteiger partial charge in [-0.15, -0.1) is 0 Å². The highest BCUT2D eigenvalue weighted by Crippen LogP contribution is 2.53. The highest BCUT2D eigenvalue weighted by atomic mass is 15.2. The molecular weight excluding hydrogens is 729 g/mol. The lowest BCUT2D eigenvalue weighted by Gasteiger charge is -2.36. The maximum Gasteiger partial charge on any atom is 0.0561 e. The van der Waals surface area contributed by atoms with E-state index in [4.69, 9.17) is 0 Å². The van der Waals surface area contributed by atoms with Crippen molar-refractivity contribution in [2.24, 2.45) is 0 Å². The molecule has 0 aromatic heterocycles. The maximum absolute atomic E-state index is 2.49. The van der Waals surface area contributed by atoms with Crippen LogP contribution in [0.3, 0.4) is 0 Å². The van der Waals surface area contributed by atoms with E-state index < -0.39 is 0 Å². The third-order valence-electron chi connectivity index (χ3n) is 12.4. The van der Waals surface area contributed by atoms with E-state index in [1.807, 2.05) is 0 Å². The molecule has 286 valence electrons. The predicted molar refractivity (Wildman–Crippen MR) is 255 cm³/mol. The number of rotatable bonds is 2. The average Bonchev–Trinajstić information content (AvgIpc) is 3.27. The summed E-state index contributed by atoms with van der Waals surface area (Å²) in [6, 6.07) is 74.3. The van der Waals surface area contributed by atoms with Crippen molar-refractivity contribution in [1.82, 2.24) is 0 Å². The highest BCUT2D eigenvalue weighted by molar-refractivity contribution is 6.29. The zero-order valence-corrected chi connectivity index (χ0v) is 33.8. The Labute approximate surface area is 350 Å². The van der Waals surface area contributed by atoms with Crippen LogP contribution in [-0.2, 0) is 5.41 Å². The summed E-state index contributed by atoms with van der Waals surface area (Å²) < 4.78 is 0. The van der Waals surface area contributed by atoms with E-state index in [0.29, 0.717) is 0 Å². The molecule has 0 fully saturated rings. The number of benzene rings is 10. The Morgan fingerprint density at radius 1 is 0.283 bits per heavy atom. The summed E-state index contributed by atoms with van der Waals surface area (Å²) in [4.78, 5) is 9.73. The Morgan fingerprint density at radius 3 is 0.967 bits per heavy atom. The first kappa shape index (κ1) is 34.5. The molecule has 10 aromatic carbocycles. The second-order valence-corrected chi connectivity index (χ2v) is 17.2. The number of anilines is 12. The van der Waals surface area contributed by atoms with E-state index in [1.54, 1.807) is 0 Å². The lowest BCUT2D eigenvalue weighted by molar-refractivity contribution is 0.591. The van der Waals surface area contributed by atoms with Gasteiger partial charge in [-0.2, -0.15) is 0 Å². The number of hydrogen-bond acceptors (Lipinski definition) is 4. The molecule has 2 heterocycles. The van der Waals surface area contributed by atoms with Crippen molar-refractivity contribution < 1.29 is 0 Å². The van der Waals surface area contributed by atoms with E-state index in [1.165, 1.54) is 37.9 Å². The summed E-state index contributed by atoms with van der Waals surface area (Å²) >= 11 is 0. The Morgan fingerprint density at radius 2 is 0.617 bits per heavy atom. The van der Waals surface area contributed by atoms with Crippen LogP contribution in [-0.4, -0.2) is 0 Å². The number of fused-ring (bicyclic) bond motifs is 12. The fourth-order valence-electron chi connectivity index (χ4n) is 9.67. The molecule has 0 saturated carbocycles. The first-order valence-corrected chi connectivity index (χ1v) is 20.8. The van der Waals surface area contributed by atoms with Gasteiger partial charge in [0.05, 0.1) is 11.4 Å². The molecular formula is C56H42N4. The molecule has 0 unspecified atom stereocenters. The van der Waals surface area contributed by atoms with Gasteiger partial charge in [0.2, 0.25) is 0 Å². The first-order chi connectivity index (χ1) is 29.4. The van der Waals surface area contributed by atoms with Crippen molar-refractivity contribution in [2.75, 3.05) is 19.6 Å². The first-order valence-electron chi connectivity index (χ1n) is 20.8. The normalized spacial score (nSPS) is 13.4. The Balaban J connectivity index is 1.28. The van der Waals surface area contributed by atoms with Gasteiger partial charge in [-0.1, -0.05) is 118 Å². The van der Waals surface area contributed by atoms with Crippen molar-refractivity contribution in [3.8, 4) is 0 Å². The van der Waals surface area contributed by atoms with E-state index in [0.717, 1.165) is 68.2 Å². The van der Waals surface area contributed by atoms with Gasteiger partial charge in [-0.3, -0.25) is 0 Å². The van der Waals surface area contributed by atoms with Crippen molar-refractivity contribution in [3.63, 3.8) is 0 Å². The molecule has 0 N–H and O–H groups in total. The molecule has 12 bridgehead atoms. The van der Waals surface area contributed by atoms with Crippen LogP contribution in [0.1, 0.15) is 26.3 Å². The molecule has 10 aromatic rings. The number of hydrogen-bond donors (Lipinski definition) is 0. The largest absolute Gasteiger partial charge is 0.310 e. The van der Waals surface area contributed by atoms with Crippen molar-refractivity contribution in [2.45, 2.75) is 26.2 Å². The van der Waals surface area contributed by atoms with Gasteiger partial charge < -0.3 is 19.6 Å². The van der Waals surface area contributed by atoms with Crippen molar-refractivity contribution in [1.29, 1.82) is 0 Å². The molecule has 0 amide bonds. The molecule has 60 heavy (non-hydrogen) atoms. The van der Waals surface area contributed by atoms with Crippen molar-refractivity contribution in [3.05, 3.63) is 206 Å². The Bertz CT molecular complexity index is 2970. The standard InChI is InChI=1S/C56H42N4/c1-56(2,3)39-30-37-26-28-50-52-36-53(51-29-27-38(31-39)54(37)55(50)51)60-47-23-11-19-43(33-47)57(40-14-6-4-7-15-40)42-18-10-22-46(32-42)59(52)48-24-12-20-44(34-48)58(41-16-8-5-9-17-41)45-21-13-25-49(60)35-45/h4-36H,1-3H3. The maximum atomic E-state index is 2.49. The van der Waals surface area contributed by atoms with E-state index in [2.05, 4.69) is 241 Å². The minimum Gasteiger partial charge on any atom is -0.310 e. The molecule has 0 radical (unpaired) electrons. The van der Waals surface area contributed by atoms with Crippen LogP contribution in [0.15, 0.2) is 200 Å². The highest BCUT2D eigenvalue weighted by Gasteiger charge is 2.29. The summed E-state index contributed by atoms with van der Waals surface area (Å²) in [6.07, 6.45) is 0. The van der Waals surface area contributed by atoms with Crippen LogP contribution in [0.25, 0.3) is 32.3 Å². The minimum atomic E-state index is 0.0171. The predicted octanol–water partition coefficient (Wildman–Crippen LogP) is 16.4. The quantitative estimate of drug-likeness (QED) is 0.162. The summed E-state index contributed by atoms with van der Waals surface area (Å²) in [5.41, 5.74) is 14.4. The van der Waals surface area contributed by atoms with Gasteiger partial charge in [-0.25, -0.2) is 0 Å². The molecule has 2 aliphatic rings. The van der Waals surface area contributed by atoms with Gasteiger partial charge in [0.25, 0.3) is 0 Å². The van der Waals surface area contributed by atoms with Gasteiger partial charge in [-0.05, 0) is 130 Å². The minimum absolute atomic E-state index is 0.0171. The Kier molecular flexibility index (Phi) is 7.45. The van der Waals surface area contributed by atoms with Gasteiger partial charge in [0, 0.05) is 73.0 Å². The fraction of sp³-hybridized carbons (Fsp3) is 0.0714. The summed E-state index contributed by atoms with van der Waals surface area (Å²) in [7, 11) is 0. The second kappa shape index (κ2) is 13.0. The zero-order valence-electron chi connectivity index (χ0n) is 33.8. The second-order valence-electron chi connectivity index (χ2n) is 17.2. The average molecular weight is 771 g/mol. The van der Waals surface area contributed by atoms with Crippen molar-refractivity contribution >= 4 is 101 Å². The summed E-state index contributed by atoms with van der Waals surface area (Å²) in [5, 5.41) is 7.53. The zero-order chi connectivity index (χ0) is 40.1. The van der Waals surface area contributed by atoms with Gasteiger partial charge in [0.15, 0.2) is 0 Å². The van der Waals surface area contributed by atoms with E-state index >= 15 is 0 Å².